The topological polar surface area (TPSA) is 29.0 Å². The van der Waals surface area contributed by atoms with Crippen molar-refractivity contribution in [2.75, 3.05) is 4.90 Å². The van der Waals surface area contributed by atoms with Crippen LogP contribution in [0.15, 0.2) is 89.4 Å². The third kappa shape index (κ3) is 3.75. The SMILES string of the molecule is Cc1ccc(N(c2ccc(C)cc2)c2ccccc2-c2ccc(Br)c3nsnc23)cc1. The summed E-state index contributed by atoms with van der Waals surface area (Å²) in [5.74, 6) is 0. The Bertz CT molecular complexity index is 1310. The molecule has 5 rings (SSSR count). The number of rotatable bonds is 4. The van der Waals surface area contributed by atoms with Crippen molar-refractivity contribution >= 4 is 55.8 Å². The molecule has 31 heavy (non-hydrogen) atoms. The third-order valence-corrected chi connectivity index (χ3v) is 6.55. The van der Waals surface area contributed by atoms with E-state index < -0.39 is 0 Å². The molecular weight excluding hydrogens is 466 g/mol. The van der Waals surface area contributed by atoms with E-state index in [1.807, 2.05) is 0 Å². The van der Waals surface area contributed by atoms with Gasteiger partial charge in [-0.1, -0.05) is 59.7 Å². The van der Waals surface area contributed by atoms with E-state index in [2.05, 4.69) is 128 Å². The van der Waals surface area contributed by atoms with Crippen LogP contribution in [0, 0.1) is 13.8 Å². The van der Waals surface area contributed by atoms with E-state index in [0.29, 0.717) is 0 Å². The van der Waals surface area contributed by atoms with Crippen molar-refractivity contribution in [3.05, 3.63) is 101 Å². The number of benzene rings is 4. The summed E-state index contributed by atoms with van der Waals surface area (Å²) < 4.78 is 10.1. The lowest BCUT2D eigenvalue weighted by atomic mass is 10.00. The minimum atomic E-state index is 0.898. The zero-order valence-corrected chi connectivity index (χ0v) is 19.6. The summed E-state index contributed by atoms with van der Waals surface area (Å²) in [6.45, 7) is 4.23. The number of hydrogen-bond acceptors (Lipinski definition) is 4. The molecule has 1 aromatic heterocycles. The minimum Gasteiger partial charge on any atom is -0.310 e. The van der Waals surface area contributed by atoms with Gasteiger partial charge in [0.25, 0.3) is 0 Å². The van der Waals surface area contributed by atoms with Crippen molar-refractivity contribution in [1.29, 1.82) is 0 Å². The Kier molecular flexibility index (Phi) is 5.30. The van der Waals surface area contributed by atoms with Gasteiger partial charge < -0.3 is 4.90 Å². The summed E-state index contributed by atoms with van der Waals surface area (Å²) >= 11 is 4.85. The monoisotopic (exact) mass is 485 g/mol. The van der Waals surface area contributed by atoms with E-state index in [-0.39, 0.29) is 0 Å². The number of para-hydroxylation sites is 1. The van der Waals surface area contributed by atoms with Gasteiger partial charge in [-0.3, -0.25) is 0 Å². The second-order valence-corrected chi connectivity index (χ2v) is 8.96. The minimum absolute atomic E-state index is 0.898. The van der Waals surface area contributed by atoms with Crippen LogP contribution in [-0.4, -0.2) is 8.75 Å². The quantitative estimate of drug-likeness (QED) is 0.256. The molecule has 5 heteroatoms. The Labute approximate surface area is 194 Å². The van der Waals surface area contributed by atoms with Gasteiger partial charge >= 0.3 is 0 Å². The van der Waals surface area contributed by atoms with Gasteiger partial charge in [0.15, 0.2) is 0 Å². The second-order valence-electron chi connectivity index (χ2n) is 7.58. The van der Waals surface area contributed by atoms with Crippen molar-refractivity contribution in [3.8, 4) is 11.1 Å². The predicted octanol–water partition coefficient (Wildman–Crippen LogP) is 8.21. The van der Waals surface area contributed by atoms with Gasteiger partial charge in [0.1, 0.15) is 11.0 Å². The summed E-state index contributed by atoms with van der Waals surface area (Å²) in [4.78, 5) is 2.31. The van der Waals surface area contributed by atoms with Crippen LogP contribution in [0.4, 0.5) is 17.1 Å². The van der Waals surface area contributed by atoms with Crippen LogP contribution < -0.4 is 4.90 Å². The second kappa shape index (κ2) is 8.25. The van der Waals surface area contributed by atoms with Crippen molar-refractivity contribution in [1.82, 2.24) is 8.75 Å². The zero-order valence-electron chi connectivity index (χ0n) is 17.2. The fraction of sp³-hybridized carbons (Fsp3) is 0.0769. The number of halogens is 1. The molecule has 0 spiro atoms. The van der Waals surface area contributed by atoms with E-state index in [0.717, 1.165) is 43.7 Å². The first-order chi connectivity index (χ1) is 15.1. The molecule has 0 aliphatic rings. The van der Waals surface area contributed by atoms with Gasteiger partial charge in [0.05, 0.1) is 17.4 Å². The largest absolute Gasteiger partial charge is 0.310 e. The van der Waals surface area contributed by atoms with Gasteiger partial charge in [-0.25, -0.2) is 0 Å². The maximum Gasteiger partial charge on any atom is 0.119 e. The van der Waals surface area contributed by atoms with Gasteiger partial charge in [-0.05, 0) is 66.2 Å². The molecule has 0 aliphatic carbocycles. The average molecular weight is 486 g/mol. The van der Waals surface area contributed by atoms with Crippen LogP contribution >= 0.6 is 27.7 Å². The highest BCUT2D eigenvalue weighted by Gasteiger charge is 2.19. The number of aryl methyl sites for hydroxylation is 2. The van der Waals surface area contributed by atoms with E-state index in [9.17, 15) is 0 Å². The normalized spacial score (nSPS) is 11.1. The molecule has 0 radical (unpaired) electrons. The van der Waals surface area contributed by atoms with Crippen LogP contribution in [0.3, 0.4) is 0 Å². The molecule has 0 bridgehead atoms. The molecule has 4 aromatic carbocycles. The van der Waals surface area contributed by atoms with E-state index in [4.69, 9.17) is 0 Å². The first kappa shape index (κ1) is 19.9. The molecule has 152 valence electrons. The van der Waals surface area contributed by atoms with Gasteiger partial charge in [-0.15, -0.1) is 0 Å². The molecule has 0 unspecified atom stereocenters. The molecule has 0 saturated carbocycles. The summed E-state index contributed by atoms with van der Waals surface area (Å²) in [7, 11) is 0. The lowest BCUT2D eigenvalue weighted by Gasteiger charge is -2.28. The molecule has 3 nitrogen and oxygen atoms in total. The Morgan fingerprint density at radius 3 is 1.87 bits per heavy atom. The molecule has 1 heterocycles. The lowest BCUT2D eigenvalue weighted by Crippen LogP contribution is -2.11. The molecule has 0 atom stereocenters. The van der Waals surface area contributed by atoms with Crippen LogP contribution in [0.2, 0.25) is 0 Å². The van der Waals surface area contributed by atoms with Gasteiger partial charge in [-0.2, -0.15) is 8.75 Å². The summed E-state index contributed by atoms with van der Waals surface area (Å²) in [6, 6.07) is 30.0. The highest BCUT2D eigenvalue weighted by Crippen LogP contribution is 2.43. The van der Waals surface area contributed by atoms with E-state index in [1.165, 1.54) is 22.9 Å². The average Bonchev–Trinajstić information content (AvgIpc) is 3.28. The lowest BCUT2D eigenvalue weighted by molar-refractivity contribution is 1.27. The molecule has 0 amide bonds. The van der Waals surface area contributed by atoms with Gasteiger partial charge in [0, 0.05) is 27.0 Å². The van der Waals surface area contributed by atoms with Crippen molar-refractivity contribution < 1.29 is 0 Å². The number of nitrogens with zero attached hydrogens (tertiary/aromatic N) is 3. The van der Waals surface area contributed by atoms with Crippen LogP contribution in [0.1, 0.15) is 11.1 Å². The number of hydrogen-bond donors (Lipinski definition) is 0. The molecule has 0 N–H and O–H groups in total. The Hall–Kier alpha value is -3.02. The van der Waals surface area contributed by atoms with Crippen LogP contribution in [0.5, 0.6) is 0 Å². The molecule has 0 fully saturated rings. The first-order valence-corrected chi connectivity index (χ1v) is 11.6. The molecule has 5 aromatic rings. The number of fused-ring (bicyclic) bond motifs is 1. The molecule has 0 aliphatic heterocycles. The Morgan fingerprint density at radius 2 is 1.23 bits per heavy atom. The van der Waals surface area contributed by atoms with Crippen molar-refractivity contribution in [2.24, 2.45) is 0 Å². The fourth-order valence-electron chi connectivity index (χ4n) is 3.76. The smallest absolute Gasteiger partial charge is 0.119 e. The number of aromatic nitrogens is 2. The summed E-state index contributed by atoms with van der Waals surface area (Å²) in [6.07, 6.45) is 0. The summed E-state index contributed by atoms with van der Waals surface area (Å²) in [5, 5.41) is 0. The Morgan fingerprint density at radius 1 is 0.645 bits per heavy atom. The highest BCUT2D eigenvalue weighted by atomic mass is 79.9. The van der Waals surface area contributed by atoms with Crippen molar-refractivity contribution in [2.45, 2.75) is 13.8 Å². The number of anilines is 3. The van der Waals surface area contributed by atoms with Gasteiger partial charge in [0.2, 0.25) is 0 Å². The standard InChI is InChI=1S/C26H20BrN3S/c1-17-7-11-19(12-8-17)30(20-13-9-18(2)10-14-20)24-6-4-3-5-21(24)22-15-16-23(27)26-25(22)28-31-29-26/h3-16H,1-2H3. The summed E-state index contributed by atoms with van der Waals surface area (Å²) in [5.41, 5.74) is 9.83. The molecular formula is C26H20BrN3S. The maximum atomic E-state index is 4.61. The maximum absolute atomic E-state index is 4.61. The van der Waals surface area contributed by atoms with E-state index >= 15 is 0 Å². The Balaban J connectivity index is 1.76. The zero-order chi connectivity index (χ0) is 21.4. The predicted molar refractivity (Wildman–Crippen MR) is 135 cm³/mol. The highest BCUT2D eigenvalue weighted by molar-refractivity contribution is 9.10. The fourth-order valence-corrected chi connectivity index (χ4v) is 4.86. The van der Waals surface area contributed by atoms with Crippen LogP contribution in [0.25, 0.3) is 22.2 Å². The molecule has 0 saturated heterocycles. The van der Waals surface area contributed by atoms with Crippen molar-refractivity contribution in [3.63, 3.8) is 0 Å². The first-order valence-electron chi connectivity index (χ1n) is 10.1. The third-order valence-electron chi connectivity index (χ3n) is 5.39. The van der Waals surface area contributed by atoms with E-state index in [1.54, 1.807) is 0 Å². The van der Waals surface area contributed by atoms with Crippen LogP contribution in [-0.2, 0) is 0 Å².